The summed E-state index contributed by atoms with van der Waals surface area (Å²) in [5, 5.41) is 14.4. The summed E-state index contributed by atoms with van der Waals surface area (Å²) in [6, 6.07) is 15.4. The summed E-state index contributed by atoms with van der Waals surface area (Å²) in [7, 11) is 0. The first-order valence-corrected chi connectivity index (χ1v) is 7.91. The van der Waals surface area contributed by atoms with Gasteiger partial charge >= 0.3 is 6.18 Å². The summed E-state index contributed by atoms with van der Waals surface area (Å²) in [5.41, 5.74) is 1.36. The predicted octanol–water partition coefficient (Wildman–Crippen LogP) is 5.16. The lowest BCUT2D eigenvalue weighted by Gasteiger charge is -2.16. The average molecular weight is 369 g/mol. The number of nitriles is 1. The first-order chi connectivity index (χ1) is 12.9. The number of benzene rings is 2. The Kier molecular flexibility index (Phi) is 4.94. The smallest absolute Gasteiger partial charge is 0.339 e. The van der Waals surface area contributed by atoms with Crippen molar-refractivity contribution in [3.8, 4) is 6.07 Å². The van der Waals surface area contributed by atoms with Crippen LogP contribution >= 0.6 is 0 Å². The Balaban J connectivity index is 1.95. The molecule has 0 saturated carbocycles. The van der Waals surface area contributed by atoms with Gasteiger partial charge in [-0.05, 0) is 42.8 Å². The standard InChI is InChI=1S/C19H14F3N5/c1-12-4-2-3-5-16(12)26-17-15(19(20,21)22)11-24-18(27-17)25-14-8-6-13(10-23)7-9-14/h2-9,11H,1H3,(H2,24,25,26,27). The number of halogens is 3. The van der Waals surface area contributed by atoms with Crippen LogP contribution in [-0.2, 0) is 6.18 Å². The zero-order valence-corrected chi connectivity index (χ0v) is 14.2. The Morgan fingerprint density at radius 2 is 1.70 bits per heavy atom. The van der Waals surface area contributed by atoms with Crippen molar-refractivity contribution in [2.45, 2.75) is 13.1 Å². The van der Waals surface area contributed by atoms with Gasteiger partial charge in [0.1, 0.15) is 11.4 Å². The lowest BCUT2D eigenvalue weighted by molar-refractivity contribution is -0.137. The van der Waals surface area contributed by atoms with Gasteiger partial charge in [-0.25, -0.2) is 4.98 Å². The summed E-state index contributed by atoms with van der Waals surface area (Å²) >= 11 is 0. The van der Waals surface area contributed by atoms with Gasteiger partial charge in [0.05, 0.1) is 11.6 Å². The van der Waals surface area contributed by atoms with Crippen molar-refractivity contribution in [2.24, 2.45) is 0 Å². The second kappa shape index (κ2) is 7.33. The summed E-state index contributed by atoms with van der Waals surface area (Å²) in [6.45, 7) is 1.78. The Hall–Kier alpha value is -3.60. The highest BCUT2D eigenvalue weighted by molar-refractivity contribution is 5.65. The van der Waals surface area contributed by atoms with Crippen molar-refractivity contribution >= 4 is 23.1 Å². The van der Waals surface area contributed by atoms with E-state index >= 15 is 0 Å². The first-order valence-electron chi connectivity index (χ1n) is 7.91. The second-order valence-electron chi connectivity index (χ2n) is 5.71. The molecule has 1 aromatic heterocycles. The van der Waals surface area contributed by atoms with Crippen LogP contribution in [0.3, 0.4) is 0 Å². The van der Waals surface area contributed by atoms with Gasteiger partial charge in [0.15, 0.2) is 0 Å². The fraction of sp³-hybridized carbons (Fsp3) is 0.105. The average Bonchev–Trinajstić information content (AvgIpc) is 2.63. The molecule has 0 bridgehead atoms. The second-order valence-corrected chi connectivity index (χ2v) is 5.71. The molecule has 0 atom stereocenters. The lowest BCUT2D eigenvalue weighted by atomic mass is 10.2. The van der Waals surface area contributed by atoms with Crippen LogP contribution in [0.5, 0.6) is 0 Å². The molecule has 0 radical (unpaired) electrons. The van der Waals surface area contributed by atoms with Gasteiger partial charge in [-0.1, -0.05) is 18.2 Å². The fourth-order valence-electron chi connectivity index (χ4n) is 2.34. The van der Waals surface area contributed by atoms with E-state index in [1.165, 1.54) is 0 Å². The van der Waals surface area contributed by atoms with E-state index in [1.807, 2.05) is 6.07 Å². The van der Waals surface area contributed by atoms with Crippen molar-refractivity contribution in [1.29, 1.82) is 5.26 Å². The molecular weight excluding hydrogens is 355 g/mol. The molecule has 0 aliphatic rings. The number of aryl methyl sites for hydroxylation is 1. The minimum atomic E-state index is -4.60. The zero-order valence-electron chi connectivity index (χ0n) is 14.2. The van der Waals surface area contributed by atoms with E-state index in [0.29, 0.717) is 16.9 Å². The number of anilines is 4. The van der Waals surface area contributed by atoms with Gasteiger partial charge in [0.2, 0.25) is 5.95 Å². The van der Waals surface area contributed by atoms with E-state index in [9.17, 15) is 13.2 Å². The molecule has 3 rings (SSSR count). The Morgan fingerprint density at radius 3 is 2.33 bits per heavy atom. The van der Waals surface area contributed by atoms with Gasteiger partial charge < -0.3 is 10.6 Å². The first kappa shape index (κ1) is 18.2. The van der Waals surface area contributed by atoms with Crippen LogP contribution in [0.4, 0.5) is 36.3 Å². The van der Waals surface area contributed by atoms with Gasteiger partial charge in [-0.2, -0.15) is 23.4 Å². The Labute approximate surface area is 153 Å². The van der Waals surface area contributed by atoms with E-state index in [4.69, 9.17) is 5.26 Å². The van der Waals surface area contributed by atoms with Gasteiger partial charge in [-0.3, -0.25) is 0 Å². The van der Waals surface area contributed by atoms with Crippen molar-refractivity contribution in [2.75, 3.05) is 10.6 Å². The van der Waals surface area contributed by atoms with Crippen LogP contribution < -0.4 is 10.6 Å². The largest absolute Gasteiger partial charge is 0.421 e. The number of rotatable bonds is 4. The number of nitrogens with zero attached hydrogens (tertiary/aromatic N) is 3. The molecule has 27 heavy (non-hydrogen) atoms. The third kappa shape index (κ3) is 4.33. The molecule has 1 heterocycles. The van der Waals surface area contributed by atoms with E-state index in [2.05, 4.69) is 20.6 Å². The fourth-order valence-corrected chi connectivity index (χ4v) is 2.34. The summed E-state index contributed by atoms with van der Waals surface area (Å²) in [4.78, 5) is 7.76. The van der Waals surface area contributed by atoms with Gasteiger partial charge in [0, 0.05) is 17.6 Å². The number of hydrogen-bond donors (Lipinski definition) is 2. The maximum Gasteiger partial charge on any atom is 0.421 e. The van der Waals surface area contributed by atoms with Crippen molar-refractivity contribution < 1.29 is 13.2 Å². The molecule has 0 amide bonds. The molecule has 5 nitrogen and oxygen atoms in total. The van der Waals surface area contributed by atoms with Crippen LogP contribution in [0, 0.1) is 18.3 Å². The molecule has 0 saturated heterocycles. The Morgan fingerprint density at radius 1 is 1.00 bits per heavy atom. The quantitative estimate of drug-likeness (QED) is 0.664. The molecule has 0 aliphatic carbocycles. The van der Waals surface area contributed by atoms with Crippen LogP contribution in [0.1, 0.15) is 16.7 Å². The van der Waals surface area contributed by atoms with E-state index in [-0.39, 0.29) is 11.8 Å². The maximum atomic E-state index is 13.3. The van der Waals surface area contributed by atoms with E-state index < -0.39 is 11.7 Å². The number of para-hydroxylation sites is 1. The highest BCUT2D eigenvalue weighted by Gasteiger charge is 2.35. The highest BCUT2D eigenvalue weighted by atomic mass is 19.4. The van der Waals surface area contributed by atoms with E-state index in [1.54, 1.807) is 55.5 Å². The van der Waals surface area contributed by atoms with Crippen LogP contribution in [0.25, 0.3) is 0 Å². The topological polar surface area (TPSA) is 73.6 Å². The molecule has 8 heteroatoms. The molecule has 2 aromatic carbocycles. The maximum absolute atomic E-state index is 13.3. The minimum absolute atomic E-state index is 0.00351. The summed E-state index contributed by atoms with van der Waals surface area (Å²) < 4.78 is 40.0. The van der Waals surface area contributed by atoms with Crippen molar-refractivity contribution in [3.05, 3.63) is 71.4 Å². The molecule has 0 spiro atoms. The summed E-state index contributed by atoms with van der Waals surface area (Å²) in [5.74, 6) is -0.341. The van der Waals surface area contributed by atoms with Gasteiger partial charge in [-0.15, -0.1) is 0 Å². The molecule has 0 aliphatic heterocycles. The predicted molar refractivity (Wildman–Crippen MR) is 95.9 cm³/mol. The monoisotopic (exact) mass is 369 g/mol. The number of hydrogen-bond acceptors (Lipinski definition) is 5. The Bertz CT molecular complexity index is 991. The van der Waals surface area contributed by atoms with Gasteiger partial charge in [0.25, 0.3) is 0 Å². The number of nitrogens with one attached hydrogen (secondary N) is 2. The van der Waals surface area contributed by atoms with Crippen molar-refractivity contribution in [1.82, 2.24) is 9.97 Å². The normalized spacial score (nSPS) is 10.9. The molecule has 3 aromatic rings. The third-order valence-electron chi connectivity index (χ3n) is 3.76. The van der Waals surface area contributed by atoms with Crippen LogP contribution in [0.15, 0.2) is 54.7 Å². The van der Waals surface area contributed by atoms with Crippen LogP contribution in [0.2, 0.25) is 0 Å². The highest BCUT2D eigenvalue weighted by Crippen LogP contribution is 2.35. The molecule has 136 valence electrons. The summed E-state index contributed by atoms with van der Waals surface area (Å²) in [6.07, 6.45) is -3.86. The molecular formula is C19H14F3N5. The zero-order chi connectivity index (χ0) is 19.4. The van der Waals surface area contributed by atoms with E-state index in [0.717, 1.165) is 11.8 Å². The molecule has 0 fully saturated rings. The third-order valence-corrected chi connectivity index (χ3v) is 3.76. The number of alkyl halides is 3. The lowest BCUT2D eigenvalue weighted by Crippen LogP contribution is -2.13. The van der Waals surface area contributed by atoms with Crippen LogP contribution in [-0.4, -0.2) is 9.97 Å². The number of aromatic nitrogens is 2. The molecule has 0 unspecified atom stereocenters. The molecule has 2 N–H and O–H groups in total. The SMILES string of the molecule is Cc1ccccc1Nc1nc(Nc2ccc(C#N)cc2)ncc1C(F)(F)F. The van der Waals surface area contributed by atoms with Crippen molar-refractivity contribution in [3.63, 3.8) is 0 Å². The minimum Gasteiger partial charge on any atom is -0.339 e.